The van der Waals surface area contributed by atoms with Gasteiger partial charge in [0.2, 0.25) is 5.91 Å². The molecule has 0 unspecified atom stereocenters. The molecule has 2 aliphatic heterocycles. The largest absolute Gasteiger partial charge is 0.486 e. The number of aryl methyl sites for hydroxylation is 1. The van der Waals surface area contributed by atoms with Gasteiger partial charge in [0.25, 0.3) is 11.1 Å². The SMILES string of the molecule is C[C@@H]1CCc2sc(-c3nnc(SCC(=O)N4CCC[C@@H]4c4ccc5c(c4)OCCO5)o3)cc2C1. The summed E-state index contributed by atoms with van der Waals surface area (Å²) in [4.78, 5) is 17.5. The van der Waals surface area contributed by atoms with E-state index in [9.17, 15) is 4.79 Å². The van der Waals surface area contributed by atoms with Crippen molar-refractivity contribution in [2.75, 3.05) is 25.5 Å². The fourth-order valence-electron chi connectivity index (χ4n) is 5.06. The van der Waals surface area contributed by atoms with Gasteiger partial charge in [-0.3, -0.25) is 4.79 Å². The summed E-state index contributed by atoms with van der Waals surface area (Å²) in [5.41, 5.74) is 2.51. The molecule has 3 aliphatic rings. The van der Waals surface area contributed by atoms with Gasteiger partial charge in [0.15, 0.2) is 11.5 Å². The molecule has 6 rings (SSSR count). The molecular weight excluding hydrogens is 470 g/mol. The highest BCUT2D eigenvalue weighted by molar-refractivity contribution is 7.99. The average Bonchev–Trinajstić information content (AvgIpc) is 3.61. The van der Waals surface area contributed by atoms with Crippen molar-refractivity contribution in [2.45, 2.75) is 50.3 Å². The minimum Gasteiger partial charge on any atom is -0.486 e. The van der Waals surface area contributed by atoms with Gasteiger partial charge < -0.3 is 18.8 Å². The van der Waals surface area contributed by atoms with Crippen molar-refractivity contribution in [1.82, 2.24) is 15.1 Å². The molecule has 1 aliphatic carbocycles. The van der Waals surface area contributed by atoms with E-state index in [0.717, 1.165) is 60.1 Å². The lowest BCUT2D eigenvalue weighted by Gasteiger charge is -2.26. The fourth-order valence-corrected chi connectivity index (χ4v) is 6.84. The number of carbonyl (C=O) groups excluding carboxylic acids is 1. The van der Waals surface area contributed by atoms with Crippen molar-refractivity contribution in [3.8, 4) is 22.3 Å². The quantitative estimate of drug-likeness (QED) is 0.451. The van der Waals surface area contributed by atoms with Gasteiger partial charge in [-0.15, -0.1) is 21.5 Å². The molecule has 0 saturated carbocycles. The zero-order valence-corrected chi connectivity index (χ0v) is 20.8. The molecule has 1 fully saturated rings. The first-order valence-electron chi connectivity index (χ1n) is 11.9. The summed E-state index contributed by atoms with van der Waals surface area (Å²) >= 11 is 3.07. The lowest BCUT2D eigenvalue weighted by Crippen LogP contribution is -2.32. The Bertz CT molecular complexity index is 1210. The van der Waals surface area contributed by atoms with E-state index in [2.05, 4.69) is 23.2 Å². The Hall–Kier alpha value is -2.52. The molecule has 3 aromatic rings. The van der Waals surface area contributed by atoms with E-state index in [-0.39, 0.29) is 17.7 Å². The van der Waals surface area contributed by atoms with E-state index >= 15 is 0 Å². The third kappa shape index (κ3) is 4.31. The Balaban J connectivity index is 1.10. The van der Waals surface area contributed by atoms with E-state index in [0.29, 0.717) is 24.3 Å². The molecule has 1 saturated heterocycles. The molecule has 1 amide bonds. The van der Waals surface area contributed by atoms with Crippen molar-refractivity contribution < 1.29 is 18.7 Å². The van der Waals surface area contributed by atoms with E-state index in [1.807, 2.05) is 23.1 Å². The van der Waals surface area contributed by atoms with Crippen molar-refractivity contribution in [2.24, 2.45) is 5.92 Å². The smallest absolute Gasteiger partial charge is 0.277 e. The van der Waals surface area contributed by atoms with Gasteiger partial charge in [-0.2, -0.15) is 0 Å². The van der Waals surface area contributed by atoms with Crippen molar-refractivity contribution in [1.29, 1.82) is 0 Å². The van der Waals surface area contributed by atoms with Crippen LogP contribution in [0.4, 0.5) is 0 Å². The van der Waals surface area contributed by atoms with Crippen molar-refractivity contribution >= 4 is 29.0 Å². The first kappa shape index (κ1) is 22.0. The van der Waals surface area contributed by atoms with Gasteiger partial charge in [0, 0.05) is 11.4 Å². The molecule has 0 radical (unpaired) electrons. The Morgan fingerprint density at radius 3 is 2.97 bits per heavy atom. The lowest BCUT2D eigenvalue weighted by atomic mass is 9.90. The number of hydrogen-bond donors (Lipinski definition) is 0. The predicted molar refractivity (Wildman–Crippen MR) is 131 cm³/mol. The number of aromatic nitrogens is 2. The van der Waals surface area contributed by atoms with Crippen LogP contribution in [-0.2, 0) is 17.6 Å². The van der Waals surface area contributed by atoms with Crippen LogP contribution in [0.5, 0.6) is 11.5 Å². The van der Waals surface area contributed by atoms with Gasteiger partial charge in [0.05, 0.1) is 16.7 Å². The number of rotatable bonds is 5. The van der Waals surface area contributed by atoms with E-state index in [4.69, 9.17) is 13.9 Å². The average molecular weight is 498 g/mol. The molecule has 178 valence electrons. The van der Waals surface area contributed by atoms with Crippen LogP contribution in [-0.4, -0.2) is 46.5 Å². The highest BCUT2D eigenvalue weighted by Crippen LogP contribution is 2.39. The molecule has 7 nitrogen and oxygen atoms in total. The number of fused-ring (bicyclic) bond motifs is 2. The first-order valence-corrected chi connectivity index (χ1v) is 13.7. The van der Waals surface area contributed by atoms with Gasteiger partial charge in [0.1, 0.15) is 13.2 Å². The summed E-state index contributed by atoms with van der Waals surface area (Å²) in [5, 5.41) is 8.88. The molecule has 2 atom stereocenters. The van der Waals surface area contributed by atoms with Crippen LogP contribution in [0.3, 0.4) is 0 Å². The maximum absolute atomic E-state index is 13.1. The number of thiophene rings is 1. The molecule has 34 heavy (non-hydrogen) atoms. The van der Waals surface area contributed by atoms with E-state index in [1.165, 1.54) is 28.6 Å². The summed E-state index contributed by atoms with van der Waals surface area (Å²) in [6.45, 7) is 4.19. The standard InChI is InChI=1S/C25H27N3O4S2/c1-15-4-7-21-17(11-15)13-22(34-21)24-26-27-25(32-24)33-14-23(29)28-8-2-3-18(28)16-5-6-19-20(12-16)31-10-9-30-19/h5-6,12-13,15,18H,2-4,7-11,14H2,1H3/t15-,18-/m1/s1. The maximum Gasteiger partial charge on any atom is 0.277 e. The van der Waals surface area contributed by atoms with Crippen LogP contribution in [0.15, 0.2) is 33.9 Å². The first-order chi connectivity index (χ1) is 16.6. The molecular formula is C25H27N3O4S2. The van der Waals surface area contributed by atoms with Gasteiger partial charge in [-0.25, -0.2) is 0 Å². The van der Waals surface area contributed by atoms with Crippen LogP contribution in [0, 0.1) is 5.92 Å². The number of thioether (sulfide) groups is 1. The highest BCUT2D eigenvalue weighted by Gasteiger charge is 2.31. The Kier molecular flexibility index (Phi) is 5.99. The van der Waals surface area contributed by atoms with Gasteiger partial charge in [-0.05, 0) is 67.3 Å². The zero-order valence-electron chi connectivity index (χ0n) is 19.1. The predicted octanol–water partition coefficient (Wildman–Crippen LogP) is 5.15. The van der Waals surface area contributed by atoms with Crippen LogP contribution in [0.2, 0.25) is 0 Å². The zero-order chi connectivity index (χ0) is 23.1. The summed E-state index contributed by atoms with van der Waals surface area (Å²) in [7, 11) is 0. The molecule has 0 spiro atoms. The van der Waals surface area contributed by atoms with Gasteiger partial charge in [-0.1, -0.05) is 24.8 Å². The second-order valence-electron chi connectivity index (χ2n) is 9.22. The third-order valence-electron chi connectivity index (χ3n) is 6.79. The number of ether oxygens (including phenoxy) is 2. The van der Waals surface area contributed by atoms with Gasteiger partial charge >= 0.3 is 0 Å². The van der Waals surface area contributed by atoms with Crippen LogP contribution >= 0.6 is 23.1 Å². The normalized spacial score (nSPS) is 21.5. The third-order valence-corrected chi connectivity index (χ3v) is 8.82. The Morgan fingerprint density at radius 2 is 2.06 bits per heavy atom. The highest BCUT2D eigenvalue weighted by atomic mass is 32.2. The number of nitrogens with zero attached hydrogens (tertiary/aromatic N) is 3. The molecule has 4 heterocycles. The maximum atomic E-state index is 13.1. The monoisotopic (exact) mass is 497 g/mol. The lowest BCUT2D eigenvalue weighted by molar-refractivity contribution is -0.129. The van der Waals surface area contributed by atoms with E-state index in [1.54, 1.807) is 11.3 Å². The molecule has 0 N–H and O–H groups in total. The molecule has 2 aromatic heterocycles. The number of carbonyl (C=O) groups is 1. The minimum atomic E-state index is 0.0574. The molecule has 9 heteroatoms. The fraction of sp³-hybridized carbons (Fsp3) is 0.480. The second-order valence-corrected chi connectivity index (χ2v) is 11.3. The van der Waals surface area contributed by atoms with Crippen LogP contribution in [0.1, 0.15) is 48.2 Å². The Labute approximate surface area is 206 Å². The summed E-state index contributed by atoms with van der Waals surface area (Å²) in [5.74, 6) is 3.18. The number of benzene rings is 1. The molecule has 1 aromatic carbocycles. The van der Waals surface area contributed by atoms with Crippen LogP contribution < -0.4 is 9.47 Å². The number of hydrogen-bond acceptors (Lipinski definition) is 8. The van der Waals surface area contributed by atoms with Crippen LogP contribution in [0.25, 0.3) is 10.8 Å². The number of amides is 1. The summed E-state index contributed by atoms with van der Waals surface area (Å²) in [6, 6.07) is 8.27. The Morgan fingerprint density at radius 1 is 1.18 bits per heavy atom. The second kappa shape index (κ2) is 9.26. The summed E-state index contributed by atoms with van der Waals surface area (Å²) < 4.78 is 17.3. The van der Waals surface area contributed by atoms with Crippen molar-refractivity contribution in [3.05, 3.63) is 40.3 Å². The van der Waals surface area contributed by atoms with Crippen molar-refractivity contribution in [3.63, 3.8) is 0 Å². The molecule has 0 bridgehead atoms. The van der Waals surface area contributed by atoms with E-state index < -0.39 is 0 Å². The summed E-state index contributed by atoms with van der Waals surface area (Å²) in [6.07, 6.45) is 5.43. The minimum absolute atomic E-state index is 0.0574. The number of likely N-dealkylation sites (tertiary alicyclic amines) is 1. The topological polar surface area (TPSA) is 77.7 Å².